The van der Waals surface area contributed by atoms with Crippen LogP contribution in [-0.4, -0.2) is 45.9 Å². The maximum atomic E-state index is 4.58. The first-order chi connectivity index (χ1) is 10.1. The lowest BCUT2D eigenvalue weighted by Gasteiger charge is -2.48. The maximum absolute atomic E-state index is 4.58. The van der Waals surface area contributed by atoms with Crippen LogP contribution in [0.4, 0.5) is 0 Å². The first kappa shape index (κ1) is 18.2. The number of nitrogens with zero attached hydrogens (tertiary/aromatic N) is 3. The van der Waals surface area contributed by atoms with Crippen LogP contribution >= 0.6 is 0 Å². The molecule has 0 aliphatic rings. The van der Waals surface area contributed by atoms with E-state index in [0.29, 0.717) is 6.04 Å². The van der Waals surface area contributed by atoms with Crippen LogP contribution in [0.2, 0.25) is 0 Å². The molecule has 0 spiro atoms. The van der Waals surface area contributed by atoms with E-state index >= 15 is 0 Å². The Hall–Kier alpha value is -0.870. The maximum Gasteiger partial charge on any atom is 0.0640 e. The van der Waals surface area contributed by atoms with Crippen LogP contribution in [0.5, 0.6) is 0 Å². The molecule has 1 unspecified atom stereocenters. The summed E-state index contributed by atoms with van der Waals surface area (Å²) in [5, 5.41) is 8.33. The molecule has 0 aliphatic carbocycles. The van der Waals surface area contributed by atoms with E-state index in [0.717, 1.165) is 38.9 Å². The van der Waals surface area contributed by atoms with Gasteiger partial charge in [-0.3, -0.25) is 9.58 Å². The Kier molecular flexibility index (Phi) is 7.40. The summed E-state index contributed by atoms with van der Waals surface area (Å²) in [5.74, 6) is 0. The van der Waals surface area contributed by atoms with E-state index in [4.69, 9.17) is 0 Å². The van der Waals surface area contributed by atoms with Crippen molar-refractivity contribution in [3.8, 4) is 0 Å². The van der Waals surface area contributed by atoms with Crippen molar-refractivity contribution in [2.24, 2.45) is 7.05 Å². The monoisotopic (exact) mass is 294 g/mol. The van der Waals surface area contributed by atoms with Crippen molar-refractivity contribution in [2.45, 2.75) is 65.5 Å². The molecule has 0 aromatic carbocycles. The number of nitrogens with one attached hydrogen (secondary N) is 1. The summed E-state index contributed by atoms with van der Waals surface area (Å²) < 4.78 is 1.90. The van der Waals surface area contributed by atoms with Gasteiger partial charge in [-0.05, 0) is 38.5 Å². The molecule has 1 atom stereocenters. The standard InChI is InChI=1S/C17H34N4/c1-7-17(8-2,21(10-4)11-5)16(18-9-3)14-15-12-13-20(6)19-15/h12-13,16,18H,7-11,14H2,1-6H3. The highest BCUT2D eigenvalue weighted by molar-refractivity contribution is 5.08. The van der Waals surface area contributed by atoms with Crippen LogP contribution in [0.25, 0.3) is 0 Å². The molecule has 1 N–H and O–H groups in total. The molecule has 4 nitrogen and oxygen atoms in total. The SMILES string of the molecule is CCNC(Cc1ccn(C)n1)C(CC)(CC)N(CC)CC. The zero-order valence-electron chi connectivity index (χ0n) is 14.8. The third kappa shape index (κ3) is 4.07. The highest BCUT2D eigenvalue weighted by Crippen LogP contribution is 2.29. The highest BCUT2D eigenvalue weighted by atomic mass is 15.3. The van der Waals surface area contributed by atoms with Crippen molar-refractivity contribution < 1.29 is 0 Å². The summed E-state index contributed by atoms with van der Waals surface area (Å²) in [6.07, 6.45) is 5.35. The molecule has 0 fully saturated rings. The predicted octanol–water partition coefficient (Wildman–Crippen LogP) is 2.84. The molecule has 0 saturated carbocycles. The van der Waals surface area contributed by atoms with E-state index in [9.17, 15) is 0 Å². The molecular weight excluding hydrogens is 260 g/mol. The fraction of sp³-hybridized carbons (Fsp3) is 0.824. The average molecular weight is 294 g/mol. The van der Waals surface area contributed by atoms with Gasteiger partial charge in [0.1, 0.15) is 0 Å². The fourth-order valence-corrected chi connectivity index (χ4v) is 3.74. The Morgan fingerprint density at radius 2 is 1.81 bits per heavy atom. The number of hydrogen-bond acceptors (Lipinski definition) is 3. The van der Waals surface area contributed by atoms with Gasteiger partial charge in [0.15, 0.2) is 0 Å². The average Bonchev–Trinajstić information content (AvgIpc) is 2.90. The van der Waals surface area contributed by atoms with E-state index < -0.39 is 0 Å². The number of aryl methyl sites for hydroxylation is 1. The van der Waals surface area contributed by atoms with Crippen LogP contribution in [0.15, 0.2) is 12.3 Å². The number of aromatic nitrogens is 2. The van der Waals surface area contributed by atoms with E-state index in [1.54, 1.807) is 0 Å². The lowest BCUT2D eigenvalue weighted by atomic mass is 9.80. The Morgan fingerprint density at radius 1 is 1.19 bits per heavy atom. The van der Waals surface area contributed by atoms with Crippen molar-refractivity contribution in [1.29, 1.82) is 0 Å². The lowest BCUT2D eigenvalue weighted by Crippen LogP contribution is -2.61. The van der Waals surface area contributed by atoms with Crippen molar-refractivity contribution >= 4 is 0 Å². The second-order valence-electron chi connectivity index (χ2n) is 5.78. The Bertz CT molecular complexity index is 391. The molecule has 1 rings (SSSR count). The van der Waals surface area contributed by atoms with Crippen LogP contribution in [0.3, 0.4) is 0 Å². The lowest BCUT2D eigenvalue weighted by molar-refractivity contribution is 0.0494. The van der Waals surface area contributed by atoms with Crippen molar-refractivity contribution in [1.82, 2.24) is 20.0 Å². The van der Waals surface area contributed by atoms with Gasteiger partial charge in [0.2, 0.25) is 0 Å². The van der Waals surface area contributed by atoms with Gasteiger partial charge >= 0.3 is 0 Å². The summed E-state index contributed by atoms with van der Waals surface area (Å²) in [5.41, 5.74) is 1.39. The highest BCUT2D eigenvalue weighted by Gasteiger charge is 2.39. The van der Waals surface area contributed by atoms with Crippen molar-refractivity contribution in [3.05, 3.63) is 18.0 Å². The van der Waals surface area contributed by atoms with E-state index in [1.807, 2.05) is 17.9 Å². The van der Waals surface area contributed by atoms with Gasteiger partial charge in [0.25, 0.3) is 0 Å². The van der Waals surface area contributed by atoms with E-state index in [-0.39, 0.29) is 5.54 Å². The summed E-state index contributed by atoms with van der Waals surface area (Å²) >= 11 is 0. The van der Waals surface area contributed by atoms with Gasteiger partial charge in [0, 0.05) is 31.2 Å². The molecule has 0 amide bonds. The van der Waals surface area contributed by atoms with Gasteiger partial charge in [0.05, 0.1) is 5.69 Å². The number of hydrogen-bond donors (Lipinski definition) is 1. The van der Waals surface area contributed by atoms with Crippen LogP contribution < -0.4 is 5.32 Å². The van der Waals surface area contributed by atoms with Gasteiger partial charge in [-0.2, -0.15) is 5.10 Å². The third-order valence-electron chi connectivity index (χ3n) is 4.90. The Morgan fingerprint density at radius 3 is 2.19 bits per heavy atom. The van der Waals surface area contributed by atoms with Crippen LogP contribution in [0.1, 0.15) is 53.2 Å². The molecule has 1 aromatic heterocycles. The minimum Gasteiger partial charge on any atom is -0.312 e. The smallest absolute Gasteiger partial charge is 0.0640 e. The second-order valence-corrected chi connectivity index (χ2v) is 5.78. The molecule has 4 heteroatoms. The molecule has 0 bridgehead atoms. The summed E-state index contributed by atoms with van der Waals surface area (Å²) in [6, 6.07) is 2.58. The Balaban J connectivity index is 3.06. The van der Waals surface area contributed by atoms with E-state index in [1.165, 1.54) is 5.69 Å². The fourth-order valence-electron chi connectivity index (χ4n) is 3.74. The minimum absolute atomic E-state index is 0.205. The van der Waals surface area contributed by atoms with Crippen LogP contribution in [0, 0.1) is 0 Å². The Labute approximate surface area is 130 Å². The summed E-state index contributed by atoms with van der Waals surface area (Å²) in [4.78, 5) is 2.63. The quantitative estimate of drug-likeness (QED) is 0.720. The van der Waals surface area contributed by atoms with Crippen LogP contribution in [-0.2, 0) is 13.5 Å². The zero-order valence-corrected chi connectivity index (χ0v) is 14.8. The molecule has 0 aliphatic heterocycles. The summed E-state index contributed by atoms with van der Waals surface area (Å²) in [6.45, 7) is 14.6. The molecule has 1 aromatic rings. The largest absolute Gasteiger partial charge is 0.312 e. The first-order valence-electron chi connectivity index (χ1n) is 8.54. The van der Waals surface area contributed by atoms with Gasteiger partial charge in [-0.1, -0.05) is 34.6 Å². The summed E-state index contributed by atoms with van der Waals surface area (Å²) in [7, 11) is 1.99. The second kappa shape index (κ2) is 8.54. The molecular formula is C17H34N4. The van der Waals surface area contributed by atoms with E-state index in [2.05, 4.69) is 56.0 Å². The first-order valence-corrected chi connectivity index (χ1v) is 8.54. The number of likely N-dealkylation sites (N-methyl/N-ethyl adjacent to an activating group) is 2. The molecule has 122 valence electrons. The molecule has 0 saturated heterocycles. The van der Waals surface area contributed by atoms with Gasteiger partial charge in [-0.15, -0.1) is 0 Å². The normalized spacial score (nSPS) is 13.9. The van der Waals surface area contributed by atoms with Gasteiger partial charge in [-0.25, -0.2) is 0 Å². The molecule has 21 heavy (non-hydrogen) atoms. The topological polar surface area (TPSA) is 33.1 Å². The predicted molar refractivity (Wildman–Crippen MR) is 90.6 cm³/mol. The molecule has 1 heterocycles. The van der Waals surface area contributed by atoms with Crippen molar-refractivity contribution in [2.75, 3.05) is 19.6 Å². The van der Waals surface area contributed by atoms with Gasteiger partial charge < -0.3 is 5.32 Å². The zero-order chi connectivity index (χ0) is 15.9. The van der Waals surface area contributed by atoms with Crippen molar-refractivity contribution in [3.63, 3.8) is 0 Å². The third-order valence-corrected chi connectivity index (χ3v) is 4.90. The molecule has 0 radical (unpaired) electrons. The number of rotatable bonds is 10. The minimum atomic E-state index is 0.205.